The Morgan fingerprint density at radius 2 is 2.00 bits per heavy atom. The minimum Gasteiger partial charge on any atom is -0.475 e. The Kier molecular flexibility index (Phi) is 2.91. The minimum absolute atomic E-state index is 0.176. The first-order valence-corrected chi connectivity index (χ1v) is 5.34. The maximum Gasteiger partial charge on any atom is 0.374 e. The highest BCUT2D eigenvalue weighted by atomic mass is 16.4. The van der Waals surface area contributed by atoms with Gasteiger partial charge in [0.1, 0.15) is 5.82 Å². The van der Waals surface area contributed by atoms with Crippen molar-refractivity contribution in [3.05, 3.63) is 30.1 Å². The van der Waals surface area contributed by atoms with E-state index in [2.05, 4.69) is 15.3 Å². The second-order valence-corrected chi connectivity index (χ2v) is 4.02. The van der Waals surface area contributed by atoms with Gasteiger partial charge in [-0.1, -0.05) is 12.1 Å². The number of carbonyl (C=O) groups is 1. The lowest BCUT2D eigenvalue weighted by Gasteiger charge is -2.11. The number of nitrogens with one attached hydrogen (secondary N) is 1. The zero-order valence-electron chi connectivity index (χ0n) is 9.64. The van der Waals surface area contributed by atoms with Crippen LogP contribution in [0.4, 0.5) is 5.82 Å². The quantitative estimate of drug-likeness (QED) is 0.846. The summed E-state index contributed by atoms with van der Waals surface area (Å²) in [4.78, 5) is 18.9. The molecule has 1 aromatic carbocycles. The third-order valence-electron chi connectivity index (χ3n) is 2.22. The van der Waals surface area contributed by atoms with E-state index in [9.17, 15) is 4.79 Å². The van der Waals surface area contributed by atoms with Crippen LogP contribution in [0.25, 0.3) is 10.9 Å². The molecule has 2 aromatic rings. The first-order chi connectivity index (χ1) is 8.08. The highest BCUT2D eigenvalue weighted by Crippen LogP contribution is 2.20. The van der Waals surface area contributed by atoms with Crippen molar-refractivity contribution < 1.29 is 9.90 Å². The van der Waals surface area contributed by atoms with Crippen molar-refractivity contribution in [3.63, 3.8) is 0 Å². The van der Waals surface area contributed by atoms with E-state index in [0.717, 1.165) is 5.39 Å². The third-order valence-corrected chi connectivity index (χ3v) is 2.22. The maximum absolute atomic E-state index is 10.9. The van der Waals surface area contributed by atoms with Crippen molar-refractivity contribution in [2.45, 2.75) is 19.9 Å². The van der Waals surface area contributed by atoms with Crippen molar-refractivity contribution in [3.8, 4) is 0 Å². The summed E-state index contributed by atoms with van der Waals surface area (Å²) in [7, 11) is 0. The van der Waals surface area contributed by atoms with Crippen molar-refractivity contribution in [2.75, 3.05) is 5.32 Å². The van der Waals surface area contributed by atoms with E-state index in [-0.39, 0.29) is 11.9 Å². The van der Waals surface area contributed by atoms with Crippen LogP contribution < -0.4 is 5.32 Å². The van der Waals surface area contributed by atoms with Gasteiger partial charge in [-0.05, 0) is 26.0 Å². The maximum atomic E-state index is 10.9. The van der Waals surface area contributed by atoms with Gasteiger partial charge in [-0.25, -0.2) is 14.8 Å². The number of para-hydroxylation sites is 1. The molecular weight excluding hydrogens is 218 g/mol. The van der Waals surface area contributed by atoms with Gasteiger partial charge in [-0.2, -0.15) is 0 Å². The Balaban J connectivity index is 2.64. The minimum atomic E-state index is -1.12. The summed E-state index contributed by atoms with van der Waals surface area (Å²) in [5, 5.41) is 12.9. The van der Waals surface area contributed by atoms with Crippen molar-refractivity contribution in [1.29, 1.82) is 0 Å². The summed E-state index contributed by atoms with van der Waals surface area (Å²) >= 11 is 0. The topological polar surface area (TPSA) is 75.1 Å². The van der Waals surface area contributed by atoms with Crippen LogP contribution in [0.2, 0.25) is 0 Å². The lowest BCUT2D eigenvalue weighted by Crippen LogP contribution is -2.14. The number of hydrogen-bond acceptors (Lipinski definition) is 4. The van der Waals surface area contributed by atoms with Crippen LogP contribution in [0, 0.1) is 0 Å². The predicted octanol–water partition coefficient (Wildman–Crippen LogP) is 2.15. The Morgan fingerprint density at radius 1 is 1.29 bits per heavy atom. The fourth-order valence-electron chi connectivity index (χ4n) is 1.56. The Hall–Kier alpha value is -2.17. The number of fused-ring (bicyclic) bond motifs is 1. The van der Waals surface area contributed by atoms with E-state index in [1.807, 2.05) is 32.0 Å². The molecule has 0 bridgehead atoms. The number of anilines is 1. The molecule has 88 valence electrons. The Labute approximate surface area is 98.5 Å². The van der Waals surface area contributed by atoms with Gasteiger partial charge in [-0.3, -0.25) is 0 Å². The van der Waals surface area contributed by atoms with E-state index in [1.54, 1.807) is 6.07 Å². The smallest absolute Gasteiger partial charge is 0.374 e. The highest BCUT2D eigenvalue weighted by molar-refractivity contribution is 5.93. The van der Waals surface area contributed by atoms with Crippen molar-refractivity contribution in [2.24, 2.45) is 0 Å². The van der Waals surface area contributed by atoms with Crippen LogP contribution in [0.1, 0.15) is 24.5 Å². The van der Waals surface area contributed by atoms with Crippen LogP contribution in [0.15, 0.2) is 24.3 Å². The summed E-state index contributed by atoms with van der Waals surface area (Å²) in [5.41, 5.74) is 0.628. The SMILES string of the molecule is CC(C)Nc1nc(C(=O)O)nc2ccccc12. The van der Waals surface area contributed by atoms with E-state index in [1.165, 1.54) is 0 Å². The van der Waals surface area contributed by atoms with Gasteiger partial charge in [0, 0.05) is 11.4 Å². The van der Waals surface area contributed by atoms with Gasteiger partial charge in [0.25, 0.3) is 0 Å². The molecule has 1 aromatic heterocycles. The summed E-state index contributed by atoms with van der Waals surface area (Å²) in [6, 6.07) is 7.51. The summed E-state index contributed by atoms with van der Waals surface area (Å²) in [6.07, 6.45) is 0. The zero-order valence-corrected chi connectivity index (χ0v) is 9.64. The molecule has 0 aliphatic heterocycles. The number of aromatic carboxylic acids is 1. The first kappa shape index (κ1) is 11.3. The van der Waals surface area contributed by atoms with Crippen molar-refractivity contribution >= 4 is 22.7 Å². The van der Waals surface area contributed by atoms with Crippen LogP contribution in [0.3, 0.4) is 0 Å². The van der Waals surface area contributed by atoms with Crippen LogP contribution >= 0.6 is 0 Å². The molecule has 0 fully saturated rings. The molecule has 0 unspecified atom stereocenters. The van der Waals surface area contributed by atoms with E-state index >= 15 is 0 Å². The van der Waals surface area contributed by atoms with Crippen molar-refractivity contribution in [1.82, 2.24) is 9.97 Å². The van der Waals surface area contributed by atoms with Gasteiger partial charge in [0.2, 0.25) is 5.82 Å². The number of rotatable bonds is 3. The molecule has 5 heteroatoms. The van der Waals surface area contributed by atoms with Crippen LogP contribution in [-0.2, 0) is 0 Å². The molecule has 17 heavy (non-hydrogen) atoms. The largest absolute Gasteiger partial charge is 0.475 e. The summed E-state index contributed by atoms with van der Waals surface area (Å²) < 4.78 is 0. The number of nitrogens with zero attached hydrogens (tertiary/aromatic N) is 2. The van der Waals surface area contributed by atoms with Crippen LogP contribution in [-0.4, -0.2) is 27.1 Å². The number of aromatic nitrogens is 2. The molecule has 5 nitrogen and oxygen atoms in total. The summed E-state index contributed by atoms with van der Waals surface area (Å²) in [5.74, 6) is -0.752. The second-order valence-electron chi connectivity index (χ2n) is 4.02. The molecule has 2 rings (SSSR count). The number of benzene rings is 1. The Bertz CT molecular complexity index is 567. The normalized spacial score (nSPS) is 10.8. The van der Waals surface area contributed by atoms with E-state index in [4.69, 9.17) is 5.11 Å². The molecule has 0 saturated carbocycles. The van der Waals surface area contributed by atoms with Gasteiger partial charge < -0.3 is 10.4 Å². The van der Waals surface area contributed by atoms with Gasteiger partial charge in [-0.15, -0.1) is 0 Å². The second kappa shape index (κ2) is 4.37. The molecule has 0 saturated heterocycles. The van der Waals surface area contributed by atoms with Gasteiger partial charge in [0.05, 0.1) is 5.52 Å². The van der Waals surface area contributed by atoms with Crippen LogP contribution in [0.5, 0.6) is 0 Å². The first-order valence-electron chi connectivity index (χ1n) is 5.34. The average Bonchev–Trinajstić information content (AvgIpc) is 2.28. The molecular formula is C12H13N3O2. The number of carboxylic acid groups (broad SMARTS) is 1. The van der Waals surface area contributed by atoms with E-state index in [0.29, 0.717) is 11.3 Å². The zero-order chi connectivity index (χ0) is 12.4. The molecule has 0 spiro atoms. The molecule has 0 atom stereocenters. The monoisotopic (exact) mass is 231 g/mol. The fraction of sp³-hybridized carbons (Fsp3) is 0.250. The van der Waals surface area contributed by atoms with E-state index < -0.39 is 5.97 Å². The standard InChI is InChI=1S/C12H13N3O2/c1-7(2)13-10-8-5-3-4-6-9(8)14-11(15-10)12(16)17/h3-7H,1-2H3,(H,16,17)(H,13,14,15). The fourth-order valence-corrected chi connectivity index (χ4v) is 1.56. The average molecular weight is 231 g/mol. The number of carboxylic acids is 1. The molecule has 1 heterocycles. The lowest BCUT2D eigenvalue weighted by atomic mass is 10.2. The Morgan fingerprint density at radius 3 is 2.65 bits per heavy atom. The predicted molar refractivity (Wildman–Crippen MR) is 65.3 cm³/mol. The molecule has 0 radical (unpaired) electrons. The molecule has 0 aliphatic carbocycles. The third kappa shape index (κ3) is 2.33. The molecule has 0 amide bonds. The lowest BCUT2D eigenvalue weighted by molar-refractivity contribution is 0.0684. The number of hydrogen-bond donors (Lipinski definition) is 2. The molecule has 0 aliphatic rings. The summed E-state index contributed by atoms with van der Waals surface area (Å²) in [6.45, 7) is 3.94. The van der Waals surface area contributed by atoms with Gasteiger partial charge in [0.15, 0.2) is 0 Å². The molecule has 2 N–H and O–H groups in total. The highest BCUT2D eigenvalue weighted by Gasteiger charge is 2.12. The van der Waals surface area contributed by atoms with Gasteiger partial charge >= 0.3 is 5.97 Å².